The number of benzene rings is 3. The molecule has 0 fully saturated rings. The predicted molar refractivity (Wildman–Crippen MR) is 141 cm³/mol. The van der Waals surface area contributed by atoms with Gasteiger partial charge in [-0.3, -0.25) is 10.1 Å². The van der Waals surface area contributed by atoms with Crippen molar-refractivity contribution in [1.29, 1.82) is 0 Å². The second-order valence-corrected chi connectivity index (χ2v) is 9.77. The third-order valence-electron chi connectivity index (χ3n) is 7.24. The first-order chi connectivity index (χ1) is 17.4. The van der Waals surface area contributed by atoms with Gasteiger partial charge in [0.25, 0.3) is 5.91 Å². The lowest BCUT2D eigenvalue weighted by molar-refractivity contribution is 0.0634. The molecule has 4 aromatic rings. The summed E-state index contributed by atoms with van der Waals surface area (Å²) in [6.45, 7) is 4.87. The molecular formula is C29H28N4O3. The Morgan fingerprint density at radius 1 is 1.08 bits per heavy atom. The molecule has 0 spiro atoms. The van der Waals surface area contributed by atoms with Crippen molar-refractivity contribution in [3.8, 4) is 5.75 Å². The maximum atomic E-state index is 13.6. The normalized spacial score (nSPS) is 16.6. The van der Waals surface area contributed by atoms with Gasteiger partial charge in [0.05, 0.1) is 16.9 Å². The number of H-pyrrole nitrogens is 1. The fourth-order valence-electron chi connectivity index (χ4n) is 5.38. The van der Waals surface area contributed by atoms with Crippen molar-refractivity contribution in [2.75, 3.05) is 23.8 Å². The van der Waals surface area contributed by atoms with E-state index < -0.39 is 6.09 Å². The number of aromatic amines is 1. The number of carbonyl (C=O) groups is 2. The smallest absolute Gasteiger partial charge is 0.410 e. The van der Waals surface area contributed by atoms with Gasteiger partial charge in [0, 0.05) is 30.2 Å². The summed E-state index contributed by atoms with van der Waals surface area (Å²) in [5, 5.41) is 3.97. The number of hydrogen-bond acceptors (Lipinski definition) is 4. The Balaban J connectivity index is 1.25. The summed E-state index contributed by atoms with van der Waals surface area (Å²) in [6, 6.07) is 21.2. The number of hydrogen-bond donors (Lipinski definition) is 2. The molecule has 1 aromatic heterocycles. The zero-order valence-electron chi connectivity index (χ0n) is 20.5. The lowest BCUT2D eigenvalue weighted by Gasteiger charge is -2.46. The number of fused-ring (bicyclic) bond motifs is 6. The molecule has 2 amide bonds. The summed E-state index contributed by atoms with van der Waals surface area (Å²) in [5.41, 5.74) is 6.61. The lowest BCUT2D eigenvalue weighted by atomic mass is 9.96. The molecule has 182 valence electrons. The number of para-hydroxylation sites is 1. The van der Waals surface area contributed by atoms with Gasteiger partial charge >= 0.3 is 6.09 Å². The van der Waals surface area contributed by atoms with Crippen LogP contribution in [0.25, 0.3) is 10.9 Å². The third-order valence-corrected chi connectivity index (χ3v) is 7.24. The highest BCUT2D eigenvalue weighted by Gasteiger charge is 2.41. The summed E-state index contributed by atoms with van der Waals surface area (Å²) in [6.07, 6.45) is -0.00802. The summed E-state index contributed by atoms with van der Waals surface area (Å²) in [7, 11) is 2.00. The first-order valence-corrected chi connectivity index (χ1v) is 12.3. The van der Waals surface area contributed by atoms with Crippen molar-refractivity contribution in [2.24, 2.45) is 0 Å². The third kappa shape index (κ3) is 3.59. The Bertz CT molecular complexity index is 1490. The summed E-state index contributed by atoms with van der Waals surface area (Å²) in [4.78, 5) is 33.6. The van der Waals surface area contributed by atoms with E-state index in [1.54, 1.807) is 12.1 Å². The van der Waals surface area contributed by atoms with Crippen molar-refractivity contribution in [2.45, 2.75) is 32.4 Å². The Kier molecular flexibility index (Phi) is 5.21. The highest BCUT2D eigenvalue weighted by Crippen LogP contribution is 2.43. The minimum absolute atomic E-state index is 0.0625. The molecule has 2 aliphatic heterocycles. The highest BCUT2D eigenvalue weighted by atomic mass is 16.6. The van der Waals surface area contributed by atoms with Crippen LogP contribution in [0.1, 0.15) is 53.1 Å². The minimum atomic E-state index is -0.595. The molecule has 36 heavy (non-hydrogen) atoms. The Morgan fingerprint density at radius 2 is 1.86 bits per heavy atom. The van der Waals surface area contributed by atoms with Crippen LogP contribution in [0.2, 0.25) is 0 Å². The Hall–Kier alpha value is -4.26. The van der Waals surface area contributed by atoms with Gasteiger partial charge in [0.2, 0.25) is 0 Å². The molecule has 2 aliphatic rings. The van der Waals surface area contributed by atoms with Crippen LogP contribution in [0, 0.1) is 0 Å². The standard InChI is InChI=1S/C29H28N4O3/c1-17(2)18-8-10-19(11-9-18)30-29(35)36-20-12-13-25-23(16-20)28(34)33-15-14-22-21-6-4-5-7-24(21)31-26(22)27(33)32(25)3/h4-13,16-17,27,31H,14-15H2,1-3H3,(H,30,35). The number of nitrogens with zero attached hydrogens (tertiary/aromatic N) is 2. The number of ether oxygens (including phenoxy) is 1. The summed E-state index contributed by atoms with van der Waals surface area (Å²) in [5.74, 6) is 0.681. The van der Waals surface area contributed by atoms with E-state index in [0.717, 1.165) is 23.3 Å². The van der Waals surface area contributed by atoms with E-state index in [1.165, 1.54) is 16.5 Å². The second-order valence-electron chi connectivity index (χ2n) is 9.77. The SMILES string of the molecule is CC(C)c1ccc(NC(=O)Oc2ccc3c(c2)C(=O)N2CCc4c([nH]c5ccccc45)C2N3C)cc1. The summed E-state index contributed by atoms with van der Waals surface area (Å²) >= 11 is 0. The highest BCUT2D eigenvalue weighted by molar-refractivity contribution is 6.03. The van der Waals surface area contributed by atoms with Gasteiger partial charge in [-0.2, -0.15) is 0 Å². The molecule has 0 radical (unpaired) electrons. The van der Waals surface area contributed by atoms with Gasteiger partial charge in [-0.15, -0.1) is 0 Å². The zero-order valence-corrected chi connectivity index (χ0v) is 20.5. The van der Waals surface area contributed by atoms with E-state index in [-0.39, 0.29) is 12.1 Å². The first kappa shape index (κ1) is 22.2. The predicted octanol–water partition coefficient (Wildman–Crippen LogP) is 6.05. The molecule has 2 N–H and O–H groups in total. The molecule has 3 aromatic carbocycles. The van der Waals surface area contributed by atoms with E-state index in [2.05, 4.69) is 41.2 Å². The molecule has 6 rings (SSSR count). The summed E-state index contributed by atoms with van der Waals surface area (Å²) < 4.78 is 5.53. The van der Waals surface area contributed by atoms with Crippen LogP contribution in [0.3, 0.4) is 0 Å². The fourth-order valence-corrected chi connectivity index (χ4v) is 5.38. The topological polar surface area (TPSA) is 77.7 Å². The zero-order chi connectivity index (χ0) is 25.0. The Labute approximate surface area is 209 Å². The molecule has 0 aliphatic carbocycles. The number of rotatable bonds is 3. The van der Waals surface area contributed by atoms with Gasteiger partial charge in [0.1, 0.15) is 11.9 Å². The molecule has 3 heterocycles. The van der Waals surface area contributed by atoms with E-state index in [4.69, 9.17) is 4.74 Å². The lowest BCUT2D eigenvalue weighted by Crippen LogP contribution is -2.51. The molecule has 0 saturated carbocycles. The van der Waals surface area contributed by atoms with E-state index >= 15 is 0 Å². The monoisotopic (exact) mass is 480 g/mol. The van der Waals surface area contributed by atoms with Crippen LogP contribution in [-0.2, 0) is 6.42 Å². The van der Waals surface area contributed by atoms with Crippen LogP contribution in [0.5, 0.6) is 5.75 Å². The van der Waals surface area contributed by atoms with Gasteiger partial charge in [0.15, 0.2) is 0 Å². The maximum Gasteiger partial charge on any atom is 0.417 e. The fraction of sp³-hybridized carbons (Fsp3) is 0.241. The van der Waals surface area contributed by atoms with Crippen LogP contribution in [0.15, 0.2) is 66.7 Å². The minimum Gasteiger partial charge on any atom is -0.410 e. The molecule has 0 saturated heterocycles. The van der Waals surface area contributed by atoms with Crippen molar-refractivity contribution in [1.82, 2.24) is 9.88 Å². The van der Waals surface area contributed by atoms with Gasteiger partial charge in [-0.25, -0.2) is 4.79 Å². The molecule has 7 heteroatoms. The molecule has 1 unspecified atom stereocenters. The largest absolute Gasteiger partial charge is 0.417 e. The van der Waals surface area contributed by atoms with E-state index in [0.29, 0.717) is 29.5 Å². The van der Waals surface area contributed by atoms with Crippen LogP contribution >= 0.6 is 0 Å². The average Bonchev–Trinajstić information content (AvgIpc) is 3.26. The second kappa shape index (κ2) is 8.45. The quantitative estimate of drug-likeness (QED) is 0.374. The van der Waals surface area contributed by atoms with Gasteiger partial charge < -0.3 is 19.5 Å². The van der Waals surface area contributed by atoms with Crippen molar-refractivity contribution >= 4 is 34.3 Å². The van der Waals surface area contributed by atoms with Crippen molar-refractivity contribution in [3.63, 3.8) is 0 Å². The average molecular weight is 481 g/mol. The molecular weight excluding hydrogens is 452 g/mol. The van der Waals surface area contributed by atoms with Crippen molar-refractivity contribution in [3.05, 3.63) is 89.1 Å². The number of aromatic nitrogens is 1. The van der Waals surface area contributed by atoms with Crippen LogP contribution in [0.4, 0.5) is 16.2 Å². The molecule has 0 bridgehead atoms. The maximum absolute atomic E-state index is 13.6. The van der Waals surface area contributed by atoms with E-state index in [1.807, 2.05) is 54.4 Å². The van der Waals surface area contributed by atoms with E-state index in [9.17, 15) is 9.59 Å². The number of amides is 2. The van der Waals surface area contributed by atoms with Crippen LogP contribution < -0.4 is 15.0 Å². The number of anilines is 2. The first-order valence-electron chi connectivity index (χ1n) is 12.3. The van der Waals surface area contributed by atoms with Crippen molar-refractivity contribution < 1.29 is 14.3 Å². The van der Waals surface area contributed by atoms with Crippen LogP contribution in [-0.4, -0.2) is 35.5 Å². The molecule has 1 atom stereocenters. The Morgan fingerprint density at radius 3 is 2.64 bits per heavy atom. The molecule has 7 nitrogen and oxygen atoms in total. The number of nitrogens with one attached hydrogen (secondary N) is 2. The van der Waals surface area contributed by atoms with Gasteiger partial charge in [-0.05, 0) is 59.9 Å². The number of carbonyl (C=O) groups excluding carboxylic acids is 2. The van der Waals surface area contributed by atoms with Gasteiger partial charge in [-0.1, -0.05) is 44.2 Å².